The highest BCUT2D eigenvalue weighted by molar-refractivity contribution is 7.03. The average Bonchev–Trinajstić information content (AvgIpc) is 2.82. The molecule has 2 aromatic carbocycles. The van der Waals surface area contributed by atoms with Crippen molar-refractivity contribution in [2.75, 3.05) is 0 Å². The van der Waals surface area contributed by atoms with Gasteiger partial charge in [-0.3, -0.25) is 4.79 Å². The molecule has 3 aromatic rings. The van der Waals surface area contributed by atoms with Gasteiger partial charge in [0, 0.05) is 16.6 Å². The SMILES string of the molecule is O=c1sn(-c2cccc(C(F)(F)F)c2)c(=O)n1Cc1cccc(Cl)c1. The van der Waals surface area contributed by atoms with E-state index >= 15 is 0 Å². The van der Waals surface area contributed by atoms with Crippen molar-refractivity contribution in [1.29, 1.82) is 0 Å². The first kappa shape index (κ1) is 17.5. The summed E-state index contributed by atoms with van der Waals surface area (Å²) in [5.74, 6) is 0. The van der Waals surface area contributed by atoms with Gasteiger partial charge in [0.15, 0.2) is 0 Å². The van der Waals surface area contributed by atoms with E-state index in [0.29, 0.717) is 22.1 Å². The van der Waals surface area contributed by atoms with Gasteiger partial charge >= 0.3 is 16.7 Å². The summed E-state index contributed by atoms with van der Waals surface area (Å²) >= 11 is 6.43. The Balaban J connectivity index is 2.03. The zero-order chi connectivity index (χ0) is 18.2. The van der Waals surface area contributed by atoms with Crippen molar-refractivity contribution in [1.82, 2.24) is 8.52 Å². The smallest absolute Gasteiger partial charge is 0.255 e. The summed E-state index contributed by atoms with van der Waals surface area (Å²) in [4.78, 5) is 24.0. The number of nitrogens with zero attached hydrogens (tertiary/aromatic N) is 2. The molecule has 25 heavy (non-hydrogen) atoms. The molecule has 0 N–H and O–H groups in total. The van der Waals surface area contributed by atoms with Crippen LogP contribution >= 0.6 is 23.1 Å². The summed E-state index contributed by atoms with van der Waals surface area (Å²) in [5.41, 5.74) is -0.957. The highest BCUT2D eigenvalue weighted by atomic mass is 35.5. The van der Waals surface area contributed by atoms with Crippen LogP contribution in [-0.4, -0.2) is 8.52 Å². The van der Waals surface area contributed by atoms with Crippen molar-refractivity contribution in [2.24, 2.45) is 0 Å². The lowest BCUT2D eigenvalue weighted by Gasteiger charge is -2.08. The van der Waals surface area contributed by atoms with Crippen LogP contribution in [0.4, 0.5) is 13.2 Å². The molecule has 0 aliphatic rings. The van der Waals surface area contributed by atoms with Gasteiger partial charge in [-0.05, 0) is 35.9 Å². The van der Waals surface area contributed by atoms with Crippen LogP contribution in [0.15, 0.2) is 58.1 Å². The van der Waals surface area contributed by atoms with Crippen LogP contribution in [0.5, 0.6) is 0 Å². The van der Waals surface area contributed by atoms with E-state index in [1.54, 1.807) is 24.3 Å². The van der Waals surface area contributed by atoms with Gasteiger partial charge in [-0.15, -0.1) is 0 Å². The monoisotopic (exact) mass is 386 g/mol. The predicted molar refractivity (Wildman–Crippen MR) is 89.7 cm³/mol. The van der Waals surface area contributed by atoms with E-state index in [9.17, 15) is 22.8 Å². The number of aromatic nitrogens is 2. The minimum atomic E-state index is -4.53. The van der Waals surface area contributed by atoms with E-state index in [1.165, 1.54) is 12.1 Å². The van der Waals surface area contributed by atoms with Crippen LogP contribution in [-0.2, 0) is 12.7 Å². The van der Waals surface area contributed by atoms with Crippen molar-refractivity contribution >= 4 is 23.1 Å². The zero-order valence-corrected chi connectivity index (χ0v) is 14.0. The molecule has 0 aliphatic heterocycles. The number of hydrogen-bond acceptors (Lipinski definition) is 3. The molecule has 0 bridgehead atoms. The summed E-state index contributed by atoms with van der Waals surface area (Å²) in [5, 5.41) is 0.457. The van der Waals surface area contributed by atoms with Crippen LogP contribution in [0.1, 0.15) is 11.1 Å². The van der Waals surface area contributed by atoms with E-state index in [1.807, 2.05) is 0 Å². The second kappa shape index (κ2) is 6.53. The van der Waals surface area contributed by atoms with Gasteiger partial charge in [-0.1, -0.05) is 29.8 Å². The lowest BCUT2D eigenvalue weighted by atomic mass is 10.2. The van der Waals surface area contributed by atoms with Gasteiger partial charge in [0.25, 0.3) is 0 Å². The Bertz CT molecular complexity index is 1040. The van der Waals surface area contributed by atoms with E-state index in [4.69, 9.17) is 11.6 Å². The normalized spacial score (nSPS) is 11.7. The largest absolute Gasteiger partial charge is 0.416 e. The highest BCUT2D eigenvalue weighted by Crippen LogP contribution is 2.30. The minimum Gasteiger partial charge on any atom is -0.255 e. The molecule has 0 aliphatic carbocycles. The molecule has 0 spiro atoms. The van der Waals surface area contributed by atoms with E-state index in [0.717, 1.165) is 20.7 Å². The maximum Gasteiger partial charge on any atom is 0.416 e. The molecule has 1 aromatic heterocycles. The van der Waals surface area contributed by atoms with Crippen molar-refractivity contribution in [2.45, 2.75) is 12.7 Å². The van der Waals surface area contributed by atoms with Crippen molar-refractivity contribution < 1.29 is 13.2 Å². The summed E-state index contributed by atoms with van der Waals surface area (Å²) in [6.45, 7) is -0.0132. The molecule has 4 nitrogen and oxygen atoms in total. The molecule has 0 fully saturated rings. The van der Waals surface area contributed by atoms with Crippen LogP contribution in [0, 0.1) is 0 Å². The van der Waals surface area contributed by atoms with Crippen LogP contribution in [0.25, 0.3) is 5.69 Å². The molecule has 0 unspecified atom stereocenters. The topological polar surface area (TPSA) is 44.0 Å². The van der Waals surface area contributed by atoms with E-state index in [-0.39, 0.29) is 12.2 Å². The first-order chi connectivity index (χ1) is 11.8. The Labute approximate surface area is 148 Å². The summed E-state index contributed by atoms with van der Waals surface area (Å²) in [6, 6.07) is 10.9. The van der Waals surface area contributed by atoms with Gasteiger partial charge in [0.05, 0.1) is 17.8 Å². The Morgan fingerprint density at radius 3 is 2.44 bits per heavy atom. The lowest BCUT2D eigenvalue weighted by molar-refractivity contribution is -0.137. The summed E-state index contributed by atoms with van der Waals surface area (Å²) in [6.07, 6.45) is -4.53. The molecule has 3 rings (SSSR count). The second-order valence-corrected chi connectivity index (χ2v) is 6.53. The fraction of sp³-hybridized carbons (Fsp3) is 0.125. The maximum absolute atomic E-state index is 12.8. The van der Waals surface area contributed by atoms with Gasteiger partial charge in [0.1, 0.15) is 0 Å². The summed E-state index contributed by atoms with van der Waals surface area (Å²) in [7, 11) is 0. The first-order valence-corrected chi connectivity index (χ1v) is 8.16. The average molecular weight is 387 g/mol. The standard InChI is InChI=1S/C16H10ClF3N2O2S/c17-12-5-1-3-10(7-12)9-21-14(23)22(25-15(21)24)13-6-2-4-11(8-13)16(18,19)20/h1-8H,9H2. The predicted octanol–water partition coefficient (Wildman–Crippen LogP) is 3.78. The van der Waals surface area contributed by atoms with Gasteiger partial charge < -0.3 is 0 Å². The molecular formula is C16H10ClF3N2O2S. The molecule has 0 amide bonds. The van der Waals surface area contributed by atoms with Crippen molar-refractivity contribution in [3.63, 3.8) is 0 Å². The lowest BCUT2D eigenvalue weighted by Crippen LogP contribution is -2.29. The van der Waals surface area contributed by atoms with Gasteiger partial charge in [0.2, 0.25) is 0 Å². The second-order valence-electron chi connectivity index (χ2n) is 5.20. The highest BCUT2D eigenvalue weighted by Gasteiger charge is 2.30. The van der Waals surface area contributed by atoms with Crippen LogP contribution in [0.2, 0.25) is 5.02 Å². The van der Waals surface area contributed by atoms with Gasteiger partial charge in [-0.2, -0.15) is 13.2 Å². The molecule has 0 radical (unpaired) electrons. The molecule has 130 valence electrons. The summed E-state index contributed by atoms with van der Waals surface area (Å²) < 4.78 is 40.4. The molecule has 1 heterocycles. The third-order valence-electron chi connectivity index (χ3n) is 3.43. The van der Waals surface area contributed by atoms with E-state index < -0.39 is 22.3 Å². The molecular weight excluding hydrogens is 377 g/mol. The Hall–Kier alpha value is -2.32. The van der Waals surface area contributed by atoms with Crippen molar-refractivity contribution in [3.05, 3.63) is 84.8 Å². The fourth-order valence-corrected chi connectivity index (χ4v) is 3.28. The number of rotatable bonds is 3. The van der Waals surface area contributed by atoms with Crippen LogP contribution < -0.4 is 10.6 Å². The first-order valence-electron chi connectivity index (χ1n) is 7.01. The third kappa shape index (κ3) is 3.69. The Morgan fingerprint density at radius 1 is 1.04 bits per heavy atom. The third-order valence-corrected chi connectivity index (χ3v) is 4.59. The molecule has 0 atom stereocenters. The fourth-order valence-electron chi connectivity index (χ4n) is 2.28. The Kier molecular flexibility index (Phi) is 4.57. The number of benzene rings is 2. The maximum atomic E-state index is 12.8. The quantitative estimate of drug-likeness (QED) is 0.687. The Morgan fingerprint density at radius 2 is 1.76 bits per heavy atom. The van der Waals surface area contributed by atoms with E-state index in [2.05, 4.69) is 0 Å². The zero-order valence-electron chi connectivity index (χ0n) is 12.5. The molecule has 9 heteroatoms. The van der Waals surface area contributed by atoms with Crippen LogP contribution in [0.3, 0.4) is 0 Å². The minimum absolute atomic E-state index is 0.00762. The molecule has 0 saturated carbocycles. The number of hydrogen-bond donors (Lipinski definition) is 0. The number of halogens is 4. The van der Waals surface area contributed by atoms with Crippen molar-refractivity contribution in [3.8, 4) is 5.69 Å². The van der Waals surface area contributed by atoms with Gasteiger partial charge in [-0.25, -0.2) is 13.3 Å². The molecule has 0 saturated heterocycles. The number of alkyl halides is 3.